The number of halogens is 1. The molecule has 5 heteroatoms. The number of nitrogens with zero attached hydrogens (tertiary/aromatic N) is 3. The van der Waals surface area contributed by atoms with Gasteiger partial charge in [0.25, 0.3) is 0 Å². The normalized spacial score (nSPS) is 11.5. The van der Waals surface area contributed by atoms with E-state index >= 15 is 0 Å². The molecule has 0 radical (unpaired) electrons. The smallest absolute Gasteiger partial charge is 0.150 e. The SMILES string of the molecule is Cc1cc(C)c2c(n1)sc1c(Cl)nc(C)nc12. The van der Waals surface area contributed by atoms with Crippen LogP contribution in [0.4, 0.5) is 0 Å². The molecule has 86 valence electrons. The van der Waals surface area contributed by atoms with E-state index in [0.29, 0.717) is 11.0 Å². The number of aryl methyl sites for hydroxylation is 3. The Labute approximate surface area is 107 Å². The fourth-order valence-electron chi connectivity index (χ4n) is 2.05. The van der Waals surface area contributed by atoms with Crippen LogP contribution in [0.5, 0.6) is 0 Å². The molecule has 0 bridgehead atoms. The van der Waals surface area contributed by atoms with Crippen molar-refractivity contribution in [1.29, 1.82) is 0 Å². The maximum Gasteiger partial charge on any atom is 0.150 e. The minimum absolute atomic E-state index is 0.521. The highest BCUT2D eigenvalue weighted by atomic mass is 35.5. The molecule has 0 aliphatic rings. The van der Waals surface area contributed by atoms with Crippen LogP contribution in [-0.2, 0) is 0 Å². The molecule has 0 unspecified atom stereocenters. The topological polar surface area (TPSA) is 38.7 Å². The molecule has 0 aliphatic heterocycles. The summed E-state index contributed by atoms with van der Waals surface area (Å²) in [5.74, 6) is 0.696. The first-order chi connectivity index (χ1) is 8.06. The zero-order valence-electron chi connectivity index (χ0n) is 9.71. The highest BCUT2D eigenvalue weighted by Crippen LogP contribution is 2.36. The molecule has 0 aromatic carbocycles. The van der Waals surface area contributed by atoms with Gasteiger partial charge in [0, 0.05) is 11.1 Å². The van der Waals surface area contributed by atoms with Crippen molar-refractivity contribution in [3.8, 4) is 0 Å². The van der Waals surface area contributed by atoms with Crippen LogP contribution < -0.4 is 0 Å². The maximum atomic E-state index is 6.16. The summed E-state index contributed by atoms with van der Waals surface area (Å²) in [4.78, 5) is 14.2. The number of rotatable bonds is 0. The van der Waals surface area contributed by atoms with Crippen LogP contribution in [0.2, 0.25) is 5.15 Å². The van der Waals surface area contributed by atoms with E-state index < -0.39 is 0 Å². The van der Waals surface area contributed by atoms with Gasteiger partial charge in [0.15, 0.2) is 5.15 Å². The first kappa shape index (κ1) is 10.9. The summed E-state index contributed by atoms with van der Waals surface area (Å²) in [6.07, 6.45) is 0. The van der Waals surface area contributed by atoms with E-state index in [1.807, 2.05) is 13.8 Å². The van der Waals surface area contributed by atoms with Gasteiger partial charge in [-0.3, -0.25) is 0 Å². The van der Waals surface area contributed by atoms with Crippen LogP contribution in [-0.4, -0.2) is 15.0 Å². The molecule has 3 nitrogen and oxygen atoms in total. The van der Waals surface area contributed by atoms with Crippen molar-refractivity contribution in [2.75, 3.05) is 0 Å². The van der Waals surface area contributed by atoms with Crippen LogP contribution >= 0.6 is 22.9 Å². The van der Waals surface area contributed by atoms with E-state index in [9.17, 15) is 0 Å². The van der Waals surface area contributed by atoms with Crippen LogP contribution in [0.3, 0.4) is 0 Å². The Bertz CT molecular complexity index is 748. The molecule has 0 saturated carbocycles. The molecule has 0 atom stereocenters. The summed E-state index contributed by atoms with van der Waals surface area (Å²) in [5.41, 5.74) is 3.13. The van der Waals surface area contributed by atoms with Crippen molar-refractivity contribution in [2.24, 2.45) is 0 Å². The molecule has 17 heavy (non-hydrogen) atoms. The molecule has 3 aromatic rings. The van der Waals surface area contributed by atoms with Crippen LogP contribution in [0.1, 0.15) is 17.1 Å². The van der Waals surface area contributed by atoms with Crippen LogP contribution in [0, 0.1) is 20.8 Å². The molecular weight excluding hydrogens is 254 g/mol. The number of hydrogen-bond donors (Lipinski definition) is 0. The highest BCUT2D eigenvalue weighted by Gasteiger charge is 2.14. The van der Waals surface area contributed by atoms with Gasteiger partial charge in [-0.15, -0.1) is 11.3 Å². The lowest BCUT2D eigenvalue weighted by molar-refractivity contribution is 1.10. The average molecular weight is 264 g/mol. The van der Waals surface area contributed by atoms with E-state index in [0.717, 1.165) is 26.1 Å². The van der Waals surface area contributed by atoms with Gasteiger partial charge in [0.1, 0.15) is 10.7 Å². The summed E-state index contributed by atoms with van der Waals surface area (Å²) < 4.78 is 0.925. The summed E-state index contributed by atoms with van der Waals surface area (Å²) in [5, 5.41) is 1.62. The first-order valence-corrected chi connectivity index (χ1v) is 6.46. The fraction of sp³-hybridized carbons (Fsp3) is 0.250. The zero-order chi connectivity index (χ0) is 12.2. The Kier molecular flexibility index (Phi) is 2.31. The summed E-state index contributed by atoms with van der Waals surface area (Å²) in [6.45, 7) is 5.93. The van der Waals surface area contributed by atoms with Crippen molar-refractivity contribution >= 4 is 43.4 Å². The van der Waals surface area contributed by atoms with E-state index in [4.69, 9.17) is 11.6 Å². The average Bonchev–Trinajstić information content (AvgIpc) is 2.56. The minimum Gasteiger partial charge on any atom is -0.242 e. The molecule has 3 aromatic heterocycles. The summed E-state index contributed by atoms with van der Waals surface area (Å²) in [7, 11) is 0. The fourth-order valence-corrected chi connectivity index (χ4v) is 3.49. The zero-order valence-corrected chi connectivity index (χ0v) is 11.3. The van der Waals surface area contributed by atoms with Gasteiger partial charge in [-0.2, -0.15) is 0 Å². The van der Waals surface area contributed by atoms with Gasteiger partial charge in [0.05, 0.1) is 10.2 Å². The molecular formula is C12H10ClN3S. The minimum atomic E-state index is 0.521. The third-order valence-corrected chi connectivity index (χ3v) is 4.15. The molecule has 0 fully saturated rings. The maximum absolute atomic E-state index is 6.16. The lowest BCUT2D eigenvalue weighted by atomic mass is 10.1. The van der Waals surface area contributed by atoms with Crippen molar-refractivity contribution in [2.45, 2.75) is 20.8 Å². The highest BCUT2D eigenvalue weighted by molar-refractivity contribution is 7.25. The molecule has 0 aliphatic carbocycles. The molecule has 3 heterocycles. The van der Waals surface area contributed by atoms with E-state index in [-0.39, 0.29) is 0 Å². The van der Waals surface area contributed by atoms with E-state index in [1.165, 1.54) is 5.56 Å². The monoisotopic (exact) mass is 263 g/mol. The standard InChI is InChI=1S/C12H10ClN3S/c1-5-4-6(2)14-12-8(5)9-10(17-12)11(13)16-7(3)15-9/h4H,1-3H3. The van der Waals surface area contributed by atoms with Gasteiger partial charge in [-0.05, 0) is 32.4 Å². The van der Waals surface area contributed by atoms with Gasteiger partial charge >= 0.3 is 0 Å². The molecule has 3 rings (SSSR count). The summed E-state index contributed by atoms with van der Waals surface area (Å²) in [6, 6.07) is 2.07. The Balaban J connectivity index is 2.60. The van der Waals surface area contributed by atoms with Crippen LogP contribution in [0.15, 0.2) is 6.07 Å². The molecule has 0 spiro atoms. The molecule has 0 N–H and O–H groups in total. The predicted octanol–water partition coefficient (Wildman–Crippen LogP) is 3.82. The number of hydrogen-bond acceptors (Lipinski definition) is 4. The third kappa shape index (κ3) is 1.59. The lowest BCUT2D eigenvalue weighted by Crippen LogP contribution is -1.89. The number of aromatic nitrogens is 3. The summed E-state index contributed by atoms with van der Waals surface area (Å²) >= 11 is 7.71. The number of fused-ring (bicyclic) bond motifs is 3. The Morgan fingerprint density at radius 3 is 2.65 bits per heavy atom. The van der Waals surface area contributed by atoms with Crippen molar-refractivity contribution < 1.29 is 0 Å². The van der Waals surface area contributed by atoms with Gasteiger partial charge in [-0.25, -0.2) is 15.0 Å². The van der Waals surface area contributed by atoms with Crippen molar-refractivity contribution in [3.05, 3.63) is 28.3 Å². The predicted molar refractivity (Wildman–Crippen MR) is 71.9 cm³/mol. The molecule has 0 saturated heterocycles. The Morgan fingerprint density at radius 2 is 1.88 bits per heavy atom. The van der Waals surface area contributed by atoms with Gasteiger partial charge in [0.2, 0.25) is 0 Å². The Hall–Kier alpha value is -1.26. The second-order valence-corrected chi connectivity index (χ2v) is 5.46. The third-order valence-electron chi connectivity index (χ3n) is 2.68. The van der Waals surface area contributed by atoms with Crippen LogP contribution in [0.25, 0.3) is 20.4 Å². The second-order valence-electron chi connectivity index (χ2n) is 4.10. The van der Waals surface area contributed by atoms with Crippen molar-refractivity contribution in [3.63, 3.8) is 0 Å². The van der Waals surface area contributed by atoms with E-state index in [1.54, 1.807) is 11.3 Å². The van der Waals surface area contributed by atoms with Gasteiger partial charge < -0.3 is 0 Å². The quantitative estimate of drug-likeness (QED) is 0.579. The largest absolute Gasteiger partial charge is 0.242 e. The van der Waals surface area contributed by atoms with Gasteiger partial charge in [-0.1, -0.05) is 11.6 Å². The second kappa shape index (κ2) is 3.62. The number of pyridine rings is 1. The molecule has 0 amide bonds. The van der Waals surface area contributed by atoms with Crippen molar-refractivity contribution in [1.82, 2.24) is 15.0 Å². The first-order valence-electron chi connectivity index (χ1n) is 5.27. The lowest BCUT2D eigenvalue weighted by Gasteiger charge is -1.99. The Morgan fingerprint density at radius 1 is 1.12 bits per heavy atom. The number of thiophene rings is 1. The van der Waals surface area contributed by atoms with E-state index in [2.05, 4.69) is 27.9 Å².